The normalized spacial score (nSPS) is 8.85. The summed E-state index contributed by atoms with van der Waals surface area (Å²) in [6.45, 7) is 1.69. The Labute approximate surface area is 87.2 Å². The Hall–Kier alpha value is -0.578. The Bertz CT molecular complexity index is 264. The number of rotatable bonds is 3. The van der Waals surface area contributed by atoms with Crippen molar-refractivity contribution in [1.82, 2.24) is 9.97 Å². The van der Waals surface area contributed by atoms with Crippen LogP contribution in [0, 0.1) is 6.92 Å². The van der Waals surface area contributed by atoms with E-state index in [1.807, 2.05) is 0 Å². The van der Waals surface area contributed by atoms with Crippen molar-refractivity contribution in [3.63, 3.8) is 0 Å². The molecule has 0 radical (unpaired) electrons. The molecule has 0 fully saturated rings. The fourth-order valence-corrected chi connectivity index (χ4v) is 0.617. The SMILES string of the molecule is Cc1cncc(OB([O-])OO)n1.[Li+]. The van der Waals surface area contributed by atoms with Crippen molar-refractivity contribution < 1.29 is 38.6 Å². The summed E-state index contributed by atoms with van der Waals surface area (Å²) in [5.41, 5.74) is 0.609. The van der Waals surface area contributed by atoms with Crippen molar-refractivity contribution in [3.05, 3.63) is 18.1 Å². The summed E-state index contributed by atoms with van der Waals surface area (Å²) >= 11 is 0. The standard InChI is InChI=1S/C5H6BN2O4.Li/c1-4-2-7-3-5(8-4)11-6(9)12-10;/h2-3,10H,1H3;/q-1;+1. The molecule has 1 rings (SSSR count). The minimum absolute atomic E-state index is 0. The van der Waals surface area contributed by atoms with E-state index in [4.69, 9.17) is 5.26 Å². The predicted octanol–water partition coefficient (Wildman–Crippen LogP) is -4.00. The zero-order valence-corrected chi connectivity index (χ0v) is 7.30. The van der Waals surface area contributed by atoms with Crippen LogP contribution in [0.15, 0.2) is 12.4 Å². The van der Waals surface area contributed by atoms with Gasteiger partial charge in [0.2, 0.25) is 5.88 Å². The van der Waals surface area contributed by atoms with Crippen LogP contribution in [-0.4, -0.2) is 22.5 Å². The van der Waals surface area contributed by atoms with E-state index in [0.29, 0.717) is 5.69 Å². The van der Waals surface area contributed by atoms with Crippen LogP contribution in [0.4, 0.5) is 0 Å². The van der Waals surface area contributed by atoms with E-state index in [-0.39, 0.29) is 24.7 Å². The van der Waals surface area contributed by atoms with Gasteiger partial charge in [0.15, 0.2) is 0 Å². The molecule has 0 saturated carbocycles. The van der Waals surface area contributed by atoms with Crippen LogP contribution in [0.5, 0.6) is 5.88 Å². The first-order chi connectivity index (χ1) is 5.72. The van der Waals surface area contributed by atoms with E-state index in [9.17, 15) is 5.02 Å². The van der Waals surface area contributed by atoms with Crippen LogP contribution in [0.1, 0.15) is 5.69 Å². The Morgan fingerprint density at radius 2 is 2.23 bits per heavy atom. The van der Waals surface area contributed by atoms with Crippen LogP contribution in [0.3, 0.4) is 0 Å². The maximum Gasteiger partial charge on any atom is 1.00 e. The Morgan fingerprint density at radius 3 is 2.77 bits per heavy atom. The van der Waals surface area contributed by atoms with Crippen molar-refractivity contribution in [2.24, 2.45) is 0 Å². The summed E-state index contributed by atoms with van der Waals surface area (Å²) in [5.74, 6) is 0.0176. The molecule has 13 heavy (non-hydrogen) atoms. The monoisotopic (exact) mass is 176 g/mol. The van der Waals surface area contributed by atoms with E-state index in [1.54, 1.807) is 6.92 Å². The molecule has 0 spiro atoms. The summed E-state index contributed by atoms with van der Waals surface area (Å²) < 4.78 is 4.44. The van der Waals surface area contributed by atoms with E-state index in [1.165, 1.54) is 12.4 Å². The fourth-order valence-electron chi connectivity index (χ4n) is 0.617. The van der Waals surface area contributed by atoms with Crippen molar-refractivity contribution in [1.29, 1.82) is 0 Å². The molecule has 1 heterocycles. The fraction of sp³-hybridized carbons (Fsp3) is 0.200. The van der Waals surface area contributed by atoms with Gasteiger partial charge in [-0.25, -0.2) is 4.98 Å². The van der Waals surface area contributed by atoms with Crippen molar-refractivity contribution in [2.45, 2.75) is 6.92 Å². The minimum Gasteiger partial charge on any atom is -0.818 e. The average molecular weight is 176 g/mol. The second-order valence-corrected chi connectivity index (χ2v) is 2.01. The van der Waals surface area contributed by atoms with E-state index in [0.717, 1.165) is 0 Å². The molecular weight excluding hydrogens is 170 g/mol. The molecule has 1 aromatic rings. The zero-order valence-electron chi connectivity index (χ0n) is 7.30. The molecule has 0 aliphatic heterocycles. The van der Waals surface area contributed by atoms with Crippen molar-refractivity contribution in [2.75, 3.05) is 0 Å². The second-order valence-electron chi connectivity index (χ2n) is 2.01. The zero-order chi connectivity index (χ0) is 8.97. The number of aromatic nitrogens is 2. The third kappa shape index (κ3) is 4.26. The summed E-state index contributed by atoms with van der Waals surface area (Å²) in [4.78, 5) is 10.8. The maximum atomic E-state index is 10.4. The molecule has 0 amide bonds. The molecule has 6 nitrogen and oxygen atoms in total. The summed E-state index contributed by atoms with van der Waals surface area (Å²) in [6.07, 6.45) is 2.75. The second kappa shape index (κ2) is 5.97. The molecule has 0 unspecified atom stereocenters. The van der Waals surface area contributed by atoms with Gasteiger partial charge in [-0.2, -0.15) is 0 Å². The molecule has 0 atom stereocenters. The van der Waals surface area contributed by atoms with E-state index >= 15 is 0 Å². The number of hydrogen-bond donors (Lipinski definition) is 1. The molecule has 0 saturated heterocycles. The quantitative estimate of drug-likeness (QED) is 0.287. The van der Waals surface area contributed by atoms with Gasteiger partial charge in [-0.15, -0.1) is 0 Å². The van der Waals surface area contributed by atoms with Crippen LogP contribution >= 0.6 is 0 Å². The molecule has 1 N–H and O–H groups in total. The van der Waals surface area contributed by atoms with Gasteiger partial charge in [0.05, 0.1) is 11.9 Å². The molecule has 1 aromatic heterocycles. The Balaban J connectivity index is 0.00000144. The molecule has 0 aromatic carbocycles. The maximum absolute atomic E-state index is 10.4. The molecule has 64 valence electrons. The smallest absolute Gasteiger partial charge is 0.818 e. The van der Waals surface area contributed by atoms with Crippen LogP contribution in [0.2, 0.25) is 0 Å². The molecule has 0 bridgehead atoms. The minimum atomic E-state index is -1.99. The van der Waals surface area contributed by atoms with Gasteiger partial charge in [-0.1, -0.05) is 0 Å². The summed E-state index contributed by atoms with van der Waals surface area (Å²) in [5, 5.41) is 18.3. The van der Waals surface area contributed by atoms with Gasteiger partial charge in [0, 0.05) is 6.20 Å². The largest absolute Gasteiger partial charge is 1.00 e. The molecule has 0 aliphatic carbocycles. The first-order valence-corrected chi connectivity index (χ1v) is 3.13. The summed E-state index contributed by atoms with van der Waals surface area (Å²) in [6, 6.07) is 0. The van der Waals surface area contributed by atoms with Crippen LogP contribution in [-0.2, 0) is 4.81 Å². The average Bonchev–Trinajstić information content (AvgIpc) is 2.04. The number of hydrogen-bond acceptors (Lipinski definition) is 6. The van der Waals surface area contributed by atoms with Gasteiger partial charge in [0.25, 0.3) is 0 Å². The van der Waals surface area contributed by atoms with Gasteiger partial charge in [0.1, 0.15) is 0 Å². The summed E-state index contributed by atoms with van der Waals surface area (Å²) in [7, 11) is -1.99. The van der Waals surface area contributed by atoms with Crippen molar-refractivity contribution >= 4 is 7.32 Å². The van der Waals surface area contributed by atoms with Gasteiger partial charge < -0.3 is 9.68 Å². The van der Waals surface area contributed by atoms with Crippen LogP contribution < -0.4 is 28.5 Å². The Morgan fingerprint density at radius 1 is 1.54 bits per heavy atom. The predicted molar refractivity (Wildman–Crippen MR) is 36.9 cm³/mol. The van der Waals surface area contributed by atoms with Crippen LogP contribution in [0.25, 0.3) is 0 Å². The van der Waals surface area contributed by atoms with Gasteiger partial charge in [-0.3, -0.25) is 15.0 Å². The third-order valence-corrected chi connectivity index (χ3v) is 1.04. The molecule has 8 heteroatoms. The van der Waals surface area contributed by atoms with E-state index < -0.39 is 7.32 Å². The third-order valence-electron chi connectivity index (χ3n) is 1.04. The van der Waals surface area contributed by atoms with E-state index in [2.05, 4.69) is 19.4 Å². The molecule has 0 aliphatic rings. The molecular formula is C5H6BLiN2O4. The Kier molecular flexibility index (Phi) is 5.70. The first-order valence-electron chi connectivity index (χ1n) is 3.13. The van der Waals surface area contributed by atoms with Gasteiger partial charge in [-0.05, 0) is 6.92 Å². The number of aryl methyl sites for hydroxylation is 1. The topological polar surface area (TPSA) is 87.5 Å². The number of nitrogens with zero attached hydrogens (tertiary/aromatic N) is 2. The van der Waals surface area contributed by atoms with Crippen molar-refractivity contribution in [3.8, 4) is 5.88 Å². The first kappa shape index (κ1) is 12.4. The van der Waals surface area contributed by atoms with Gasteiger partial charge >= 0.3 is 26.2 Å².